The number of nitrogen functional groups attached to an aromatic ring is 1. The maximum absolute atomic E-state index is 5.55. The van der Waals surface area contributed by atoms with Gasteiger partial charge in [-0.1, -0.05) is 0 Å². The zero-order valence-corrected chi connectivity index (χ0v) is 9.74. The number of hydrogen-bond acceptors (Lipinski definition) is 5. The van der Waals surface area contributed by atoms with E-state index in [0.717, 1.165) is 11.1 Å². The fraction of sp³-hybridized carbons (Fsp3) is 0.0833. The minimum Gasteiger partial charge on any atom is -0.481 e. The van der Waals surface area contributed by atoms with Gasteiger partial charge >= 0.3 is 0 Å². The lowest BCUT2D eigenvalue weighted by Gasteiger charge is -2.02. The van der Waals surface area contributed by atoms with E-state index >= 15 is 0 Å². The molecule has 3 aromatic rings. The smallest absolute Gasteiger partial charge is 0.240 e. The van der Waals surface area contributed by atoms with E-state index in [1.165, 1.54) is 0 Å². The van der Waals surface area contributed by atoms with Crippen LogP contribution in [-0.4, -0.2) is 26.7 Å². The van der Waals surface area contributed by atoms with Crippen molar-refractivity contribution >= 4 is 11.6 Å². The largest absolute Gasteiger partial charge is 0.481 e. The second kappa shape index (κ2) is 3.99. The van der Waals surface area contributed by atoms with Crippen molar-refractivity contribution < 1.29 is 4.74 Å². The molecule has 0 aliphatic heterocycles. The summed E-state index contributed by atoms with van der Waals surface area (Å²) >= 11 is 0. The SMILES string of the molecule is COc1ccc(-c2ccn3nc(N)nc3c2)cn1. The van der Waals surface area contributed by atoms with Crippen molar-refractivity contribution in [3.8, 4) is 17.0 Å². The molecule has 90 valence electrons. The maximum atomic E-state index is 5.55. The molecule has 0 bridgehead atoms. The minimum absolute atomic E-state index is 0.264. The summed E-state index contributed by atoms with van der Waals surface area (Å²) in [5, 5.41) is 4.02. The molecule has 0 aliphatic carbocycles. The summed E-state index contributed by atoms with van der Waals surface area (Å²) in [4.78, 5) is 8.29. The van der Waals surface area contributed by atoms with Crippen LogP contribution in [0.5, 0.6) is 5.88 Å². The average Bonchev–Trinajstić information content (AvgIpc) is 2.78. The topological polar surface area (TPSA) is 78.3 Å². The van der Waals surface area contributed by atoms with Gasteiger partial charge in [0.05, 0.1) is 7.11 Å². The molecule has 6 nitrogen and oxygen atoms in total. The Morgan fingerprint density at radius 1 is 1.22 bits per heavy atom. The number of rotatable bonds is 2. The van der Waals surface area contributed by atoms with Crippen LogP contribution in [0.1, 0.15) is 0 Å². The highest BCUT2D eigenvalue weighted by Gasteiger charge is 2.04. The number of nitrogens with two attached hydrogens (primary N) is 1. The van der Waals surface area contributed by atoms with Gasteiger partial charge in [0.15, 0.2) is 5.65 Å². The van der Waals surface area contributed by atoms with Gasteiger partial charge in [-0.15, -0.1) is 5.10 Å². The number of aromatic nitrogens is 4. The Morgan fingerprint density at radius 3 is 2.83 bits per heavy atom. The molecular weight excluding hydrogens is 230 g/mol. The summed E-state index contributed by atoms with van der Waals surface area (Å²) in [6.45, 7) is 0. The van der Waals surface area contributed by atoms with E-state index in [2.05, 4.69) is 15.1 Å². The molecule has 3 aromatic heterocycles. The van der Waals surface area contributed by atoms with E-state index in [1.54, 1.807) is 17.8 Å². The van der Waals surface area contributed by atoms with Crippen molar-refractivity contribution in [1.82, 2.24) is 19.6 Å². The molecular formula is C12H11N5O. The summed E-state index contributed by atoms with van der Waals surface area (Å²) in [7, 11) is 1.59. The van der Waals surface area contributed by atoms with Crippen LogP contribution in [0.25, 0.3) is 16.8 Å². The summed E-state index contributed by atoms with van der Waals surface area (Å²) in [5.74, 6) is 0.853. The Morgan fingerprint density at radius 2 is 2.11 bits per heavy atom. The first-order valence-electron chi connectivity index (χ1n) is 5.38. The third-order valence-corrected chi connectivity index (χ3v) is 2.63. The van der Waals surface area contributed by atoms with Crippen LogP contribution in [0.2, 0.25) is 0 Å². The highest BCUT2D eigenvalue weighted by molar-refractivity contribution is 5.67. The molecule has 0 atom stereocenters. The van der Waals surface area contributed by atoms with Crippen molar-refractivity contribution in [2.45, 2.75) is 0 Å². The van der Waals surface area contributed by atoms with Gasteiger partial charge in [-0.25, -0.2) is 9.50 Å². The van der Waals surface area contributed by atoms with Crippen LogP contribution in [0.4, 0.5) is 5.95 Å². The molecule has 0 amide bonds. The molecule has 0 aromatic carbocycles. The van der Waals surface area contributed by atoms with Crippen molar-refractivity contribution in [3.05, 3.63) is 36.7 Å². The van der Waals surface area contributed by atoms with Crippen molar-refractivity contribution in [2.24, 2.45) is 0 Å². The van der Waals surface area contributed by atoms with E-state index in [0.29, 0.717) is 11.5 Å². The lowest BCUT2D eigenvalue weighted by atomic mass is 10.1. The number of ether oxygens (including phenoxy) is 1. The lowest BCUT2D eigenvalue weighted by Crippen LogP contribution is -1.90. The van der Waals surface area contributed by atoms with Gasteiger partial charge < -0.3 is 10.5 Å². The summed E-state index contributed by atoms with van der Waals surface area (Å²) < 4.78 is 6.66. The van der Waals surface area contributed by atoms with E-state index in [4.69, 9.17) is 10.5 Å². The minimum atomic E-state index is 0.264. The number of anilines is 1. The van der Waals surface area contributed by atoms with Crippen LogP contribution < -0.4 is 10.5 Å². The molecule has 0 unspecified atom stereocenters. The maximum Gasteiger partial charge on any atom is 0.240 e. The standard InChI is InChI=1S/C12H11N5O/c1-18-11-3-2-9(7-14-11)8-4-5-17-10(6-8)15-12(13)16-17/h2-7H,1H3,(H2,13,16). The van der Waals surface area contributed by atoms with Gasteiger partial charge in [0.25, 0.3) is 0 Å². The second-order valence-electron chi connectivity index (χ2n) is 3.78. The molecule has 2 N–H and O–H groups in total. The molecule has 3 rings (SSSR count). The second-order valence-corrected chi connectivity index (χ2v) is 3.78. The fourth-order valence-corrected chi connectivity index (χ4v) is 1.75. The monoisotopic (exact) mass is 241 g/mol. The number of methoxy groups -OCH3 is 1. The van der Waals surface area contributed by atoms with E-state index in [1.807, 2.05) is 30.5 Å². The van der Waals surface area contributed by atoms with Gasteiger partial charge in [0.1, 0.15) is 0 Å². The average molecular weight is 241 g/mol. The molecule has 3 heterocycles. The third kappa shape index (κ3) is 1.73. The summed E-state index contributed by atoms with van der Waals surface area (Å²) in [5.41, 5.74) is 8.25. The lowest BCUT2D eigenvalue weighted by molar-refractivity contribution is 0.398. The first-order valence-corrected chi connectivity index (χ1v) is 5.38. The predicted molar refractivity (Wildman–Crippen MR) is 67.2 cm³/mol. The van der Waals surface area contributed by atoms with Crippen molar-refractivity contribution in [2.75, 3.05) is 12.8 Å². The van der Waals surface area contributed by atoms with Gasteiger partial charge in [0.2, 0.25) is 11.8 Å². The number of fused-ring (bicyclic) bond motifs is 1. The Labute approximate surface area is 103 Å². The molecule has 18 heavy (non-hydrogen) atoms. The summed E-state index contributed by atoms with van der Waals surface area (Å²) in [6, 6.07) is 7.60. The quantitative estimate of drug-likeness (QED) is 0.733. The molecule has 0 spiro atoms. The van der Waals surface area contributed by atoms with E-state index in [9.17, 15) is 0 Å². The normalized spacial score (nSPS) is 10.7. The number of pyridine rings is 2. The first kappa shape index (κ1) is 10.5. The van der Waals surface area contributed by atoms with Crippen LogP contribution in [-0.2, 0) is 0 Å². The van der Waals surface area contributed by atoms with Crippen LogP contribution in [0.3, 0.4) is 0 Å². The van der Waals surface area contributed by atoms with Crippen molar-refractivity contribution in [1.29, 1.82) is 0 Å². The van der Waals surface area contributed by atoms with Gasteiger partial charge in [-0.3, -0.25) is 0 Å². The Kier molecular flexibility index (Phi) is 2.33. The molecule has 6 heteroatoms. The number of hydrogen-bond donors (Lipinski definition) is 1. The molecule has 0 radical (unpaired) electrons. The first-order chi connectivity index (χ1) is 8.76. The van der Waals surface area contributed by atoms with Crippen LogP contribution in [0, 0.1) is 0 Å². The zero-order valence-electron chi connectivity index (χ0n) is 9.74. The predicted octanol–water partition coefficient (Wildman–Crippen LogP) is 1.38. The molecule has 0 aliphatic rings. The van der Waals surface area contributed by atoms with Gasteiger partial charge in [0, 0.05) is 24.0 Å². The van der Waals surface area contributed by atoms with Gasteiger partial charge in [-0.05, 0) is 23.8 Å². The Bertz CT molecular complexity index is 689. The van der Waals surface area contributed by atoms with Crippen LogP contribution >= 0.6 is 0 Å². The molecule has 0 saturated carbocycles. The van der Waals surface area contributed by atoms with Crippen LogP contribution in [0.15, 0.2) is 36.7 Å². The Balaban J connectivity index is 2.06. The Hall–Kier alpha value is -2.63. The number of nitrogens with zero attached hydrogens (tertiary/aromatic N) is 4. The zero-order chi connectivity index (χ0) is 12.5. The highest BCUT2D eigenvalue weighted by atomic mass is 16.5. The molecule has 0 saturated heterocycles. The van der Waals surface area contributed by atoms with Crippen molar-refractivity contribution in [3.63, 3.8) is 0 Å². The molecule has 0 fully saturated rings. The van der Waals surface area contributed by atoms with E-state index < -0.39 is 0 Å². The fourth-order valence-electron chi connectivity index (χ4n) is 1.75. The summed E-state index contributed by atoms with van der Waals surface area (Å²) in [6.07, 6.45) is 3.57. The third-order valence-electron chi connectivity index (χ3n) is 2.63. The van der Waals surface area contributed by atoms with Gasteiger partial charge in [-0.2, -0.15) is 4.98 Å². The highest BCUT2D eigenvalue weighted by Crippen LogP contribution is 2.21. The van der Waals surface area contributed by atoms with E-state index in [-0.39, 0.29) is 5.95 Å².